The summed E-state index contributed by atoms with van der Waals surface area (Å²) in [6.45, 7) is 2.51. The number of benzene rings is 2. The molecule has 0 atom stereocenters. The Kier molecular flexibility index (Phi) is 6.49. The number of rotatable bonds is 8. The van der Waals surface area contributed by atoms with Gasteiger partial charge in [0.15, 0.2) is 0 Å². The van der Waals surface area contributed by atoms with Gasteiger partial charge in [-0.25, -0.2) is 0 Å². The van der Waals surface area contributed by atoms with Crippen LogP contribution in [0.15, 0.2) is 42.5 Å². The summed E-state index contributed by atoms with van der Waals surface area (Å²) in [6, 6.07) is 13.1. The van der Waals surface area contributed by atoms with E-state index < -0.39 is 0 Å². The van der Waals surface area contributed by atoms with Crippen molar-refractivity contribution in [1.82, 2.24) is 0 Å². The Morgan fingerprint density at radius 1 is 1.04 bits per heavy atom. The lowest BCUT2D eigenvalue weighted by atomic mass is 10.2. The number of carbonyl (C=O) groups is 1. The number of nitrogens with one attached hydrogen (secondary N) is 1. The Hall–Kier alpha value is -2.69. The molecule has 2 aromatic carbocycles. The predicted molar refractivity (Wildman–Crippen MR) is 94.1 cm³/mol. The van der Waals surface area contributed by atoms with Crippen LogP contribution in [0.2, 0.25) is 0 Å². The van der Waals surface area contributed by atoms with Gasteiger partial charge in [-0.2, -0.15) is 0 Å². The number of ether oxygens (including phenoxy) is 3. The fraction of sp³-hybridized carbons (Fsp3) is 0.316. The summed E-state index contributed by atoms with van der Waals surface area (Å²) in [5.74, 6) is 1.99. The highest BCUT2D eigenvalue weighted by Gasteiger charge is 2.09. The number of hydrogen-bond donors (Lipinski definition) is 1. The molecule has 2 aromatic rings. The maximum absolute atomic E-state index is 12.0. The Morgan fingerprint density at radius 3 is 2.58 bits per heavy atom. The lowest BCUT2D eigenvalue weighted by Gasteiger charge is -2.12. The third-order valence-electron chi connectivity index (χ3n) is 3.49. The van der Waals surface area contributed by atoms with E-state index in [-0.39, 0.29) is 5.91 Å². The maximum Gasteiger partial charge on any atom is 0.224 e. The summed E-state index contributed by atoms with van der Waals surface area (Å²) in [6.07, 6.45) is 1.01. The molecule has 0 aromatic heterocycles. The summed E-state index contributed by atoms with van der Waals surface area (Å²) < 4.78 is 16.0. The second-order valence-corrected chi connectivity index (χ2v) is 5.38. The van der Waals surface area contributed by atoms with E-state index in [0.29, 0.717) is 36.6 Å². The zero-order valence-corrected chi connectivity index (χ0v) is 14.3. The fourth-order valence-corrected chi connectivity index (χ4v) is 2.24. The summed E-state index contributed by atoms with van der Waals surface area (Å²) in [5.41, 5.74) is 1.78. The Morgan fingerprint density at radius 2 is 1.88 bits per heavy atom. The van der Waals surface area contributed by atoms with Gasteiger partial charge in [0.25, 0.3) is 0 Å². The minimum absolute atomic E-state index is 0.0775. The van der Waals surface area contributed by atoms with E-state index in [9.17, 15) is 4.79 Å². The smallest absolute Gasteiger partial charge is 0.224 e. The van der Waals surface area contributed by atoms with Crippen molar-refractivity contribution in [2.45, 2.75) is 19.8 Å². The average Bonchev–Trinajstić information content (AvgIpc) is 2.59. The number of methoxy groups -OCH3 is 2. The lowest BCUT2D eigenvalue weighted by molar-refractivity contribution is -0.116. The summed E-state index contributed by atoms with van der Waals surface area (Å²) in [4.78, 5) is 12.0. The van der Waals surface area contributed by atoms with Gasteiger partial charge in [0.2, 0.25) is 5.91 Å². The third-order valence-corrected chi connectivity index (χ3v) is 3.49. The number of amides is 1. The predicted octanol–water partition coefficient (Wildman–Crippen LogP) is 3.81. The summed E-state index contributed by atoms with van der Waals surface area (Å²) in [5, 5.41) is 2.85. The molecule has 0 saturated carbocycles. The Balaban J connectivity index is 1.79. The lowest BCUT2D eigenvalue weighted by Crippen LogP contribution is -2.13. The van der Waals surface area contributed by atoms with Crippen molar-refractivity contribution in [1.29, 1.82) is 0 Å². The van der Waals surface area contributed by atoms with E-state index in [0.717, 1.165) is 11.3 Å². The number of carbonyl (C=O) groups excluding carboxylic acids is 1. The van der Waals surface area contributed by atoms with Crippen molar-refractivity contribution < 1.29 is 19.0 Å². The van der Waals surface area contributed by atoms with Gasteiger partial charge in [0, 0.05) is 12.5 Å². The first-order valence-corrected chi connectivity index (χ1v) is 7.83. The molecule has 0 bridgehead atoms. The van der Waals surface area contributed by atoms with Crippen LogP contribution in [0.3, 0.4) is 0 Å². The average molecular weight is 329 g/mol. The summed E-state index contributed by atoms with van der Waals surface area (Å²) >= 11 is 0. The quantitative estimate of drug-likeness (QED) is 0.748. The van der Waals surface area contributed by atoms with Crippen molar-refractivity contribution >= 4 is 11.6 Å². The molecular formula is C19H23NO4. The molecule has 1 amide bonds. The molecule has 5 heteroatoms. The van der Waals surface area contributed by atoms with Crippen LogP contribution in [0, 0.1) is 6.92 Å². The van der Waals surface area contributed by atoms with Gasteiger partial charge in [-0.3, -0.25) is 4.79 Å². The molecule has 5 nitrogen and oxygen atoms in total. The standard InChI is InChI=1S/C19H23NO4/c1-14-6-4-7-16(12-14)24-11-5-8-19(21)20-17-10-9-15(22-2)13-18(17)23-3/h4,6-7,9-10,12-13H,5,8,11H2,1-3H3,(H,20,21). The van der Waals surface area contributed by atoms with Crippen LogP contribution in [0.4, 0.5) is 5.69 Å². The molecular weight excluding hydrogens is 306 g/mol. The van der Waals surface area contributed by atoms with Crippen molar-refractivity contribution in [3.8, 4) is 17.2 Å². The van der Waals surface area contributed by atoms with E-state index in [4.69, 9.17) is 14.2 Å². The highest BCUT2D eigenvalue weighted by molar-refractivity contribution is 5.92. The van der Waals surface area contributed by atoms with E-state index in [2.05, 4.69) is 5.32 Å². The Labute approximate surface area is 142 Å². The molecule has 0 aliphatic heterocycles. The molecule has 0 spiro atoms. The SMILES string of the molecule is COc1ccc(NC(=O)CCCOc2cccc(C)c2)c(OC)c1. The highest BCUT2D eigenvalue weighted by atomic mass is 16.5. The zero-order chi connectivity index (χ0) is 17.4. The molecule has 0 saturated heterocycles. The van der Waals surface area contributed by atoms with E-state index in [1.165, 1.54) is 0 Å². The minimum atomic E-state index is -0.0775. The first-order valence-electron chi connectivity index (χ1n) is 7.83. The molecule has 24 heavy (non-hydrogen) atoms. The van der Waals surface area contributed by atoms with Gasteiger partial charge < -0.3 is 19.5 Å². The van der Waals surface area contributed by atoms with E-state index in [1.807, 2.05) is 31.2 Å². The van der Waals surface area contributed by atoms with Crippen LogP contribution < -0.4 is 19.5 Å². The van der Waals surface area contributed by atoms with Crippen LogP contribution in [-0.4, -0.2) is 26.7 Å². The molecule has 0 radical (unpaired) electrons. The largest absolute Gasteiger partial charge is 0.497 e. The van der Waals surface area contributed by atoms with Gasteiger partial charge in [-0.05, 0) is 43.2 Å². The molecule has 1 N–H and O–H groups in total. The van der Waals surface area contributed by atoms with Gasteiger partial charge in [0.1, 0.15) is 17.2 Å². The topological polar surface area (TPSA) is 56.8 Å². The van der Waals surface area contributed by atoms with Crippen LogP contribution >= 0.6 is 0 Å². The Bertz CT molecular complexity index is 685. The first kappa shape index (κ1) is 17.7. The first-order chi connectivity index (χ1) is 11.6. The minimum Gasteiger partial charge on any atom is -0.497 e. The molecule has 0 unspecified atom stereocenters. The highest BCUT2D eigenvalue weighted by Crippen LogP contribution is 2.29. The van der Waals surface area contributed by atoms with Crippen molar-refractivity contribution in [2.75, 3.05) is 26.1 Å². The molecule has 0 heterocycles. The van der Waals surface area contributed by atoms with E-state index in [1.54, 1.807) is 32.4 Å². The van der Waals surface area contributed by atoms with Crippen molar-refractivity contribution in [3.05, 3.63) is 48.0 Å². The molecule has 0 fully saturated rings. The van der Waals surface area contributed by atoms with Crippen LogP contribution in [0.1, 0.15) is 18.4 Å². The van der Waals surface area contributed by atoms with Gasteiger partial charge in [0.05, 0.1) is 26.5 Å². The van der Waals surface area contributed by atoms with Crippen LogP contribution in [0.25, 0.3) is 0 Å². The molecule has 128 valence electrons. The molecule has 0 aliphatic carbocycles. The monoisotopic (exact) mass is 329 g/mol. The maximum atomic E-state index is 12.0. The fourth-order valence-electron chi connectivity index (χ4n) is 2.24. The third kappa shape index (κ3) is 5.19. The van der Waals surface area contributed by atoms with Gasteiger partial charge in [-0.1, -0.05) is 12.1 Å². The number of hydrogen-bond acceptors (Lipinski definition) is 4. The van der Waals surface area contributed by atoms with E-state index >= 15 is 0 Å². The summed E-state index contributed by atoms with van der Waals surface area (Å²) in [7, 11) is 3.14. The van der Waals surface area contributed by atoms with Gasteiger partial charge in [-0.15, -0.1) is 0 Å². The molecule has 0 aliphatic rings. The second kappa shape index (κ2) is 8.82. The normalized spacial score (nSPS) is 10.1. The zero-order valence-electron chi connectivity index (χ0n) is 14.3. The second-order valence-electron chi connectivity index (χ2n) is 5.38. The van der Waals surface area contributed by atoms with Gasteiger partial charge >= 0.3 is 0 Å². The van der Waals surface area contributed by atoms with Crippen LogP contribution in [-0.2, 0) is 4.79 Å². The van der Waals surface area contributed by atoms with Crippen molar-refractivity contribution in [2.24, 2.45) is 0 Å². The number of anilines is 1. The van der Waals surface area contributed by atoms with Crippen molar-refractivity contribution in [3.63, 3.8) is 0 Å². The van der Waals surface area contributed by atoms with Crippen LogP contribution in [0.5, 0.6) is 17.2 Å². The molecule has 2 rings (SSSR count). The number of aryl methyl sites for hydroxylation is 1.